The van der Waals surface area contributed by atoms with Gasteiger partial charge in [0.15, 0.2) is 0 Å². The summed E-state index contributed by atoms with van der Waals surface area (Å²) in [6, 6.07) is 0. The van der Waals surface area contributed by atoms with E-state index in [2.05, 4.69) is 30.7 Å². The van der Waals surface area contributed by atoms with Crippen LogP contribution in [-0.4, -0.2) is 4.98 Å². The molecule has 4 heteroatoms. The molecule has 0 unspecified atom stereocenters. The van der Waals surface area contributed by atoms with Gasteiger partial charge in [-0.2, -0.15) is 0 Å². The van der Waals surface area contributed by atoms with Crippen LogP contribution in [0.4, 0.5) is 0 Å². The number of nitrogens with zero attached hydrogens (tertiary/aromatic N) is 2. The molecule has 0 bridgehead atoms. The molecule has 0 aliphatic carbocycles. The van der Waals surface area contributed by atoms with Gasteiger partial charge in [0.2, 0.25) is 0 Å². The molecule has 1 rings (SSSR count). The molecule has 0 amide bonds. The SMILES string of the molecule is CC(C)(C)c1c[n-]cn1.[V].[W]. The third-order valence-electron chi connectivity index (χ3n) is 1.23. The van der Waals surface area contributed by atoms with E-state index in [1.54, 1.807) is 12.5 Å². The largest absolute Gasteiger partial charge is 0.450 e. The number of aromatic nitrogens is 2. The maximum Gasteiger partial charge on any atom is 0 e. The van der Waals surface area contributed by atoms with Gasteiger partial charge in [-0.15, -0.1) is 0 Å². The number of hydrogen-bond acceptors (Lipinski definition) is 1. The smallest absolute Gasteiger partial charge is 0 e. The van der Waals surface area contributed by atoms with Crippen molar-refractivity contribution in [2.24, 2.45) is 0 Å². The van der Waals surface area contributed by atoms with Crippen LogP contribution >= 0.6 is 0 Å². The number of rotatable bonds is 0. The molecule has 1 aromatic heterocycles. The van der Waals surface area contributed by atoms with Crippen LogP contribution in [0.25, 0.3) is 0 Å². The van der Waals surface area contributed by atoms with Gasteiger partial charge in [-0.25, -0.2) is 0 Å². The van der Waals surface area contributed by atoms with Crippen LogP contribution in [0.5, 0.6) is 0 Å². The zero-order valence-electron chi connectivity index (χ0n) is 6.90. The van der Waals surface area contributed by atoms with Gasteiger partial charge >= 0.3 is 0 Å². The molecule has 0 spiro atoms. The molecule has 0 N–H and O–H groups in total. The second kappa shape index (κ2) is 5.19. The van der Waals surface area contributed by atoms with E-state index in [1.165, 1.54) is 0 Å². The maximum atomic E-state index is 4.08. The fourth-order valence-corrected chi connectivity index (χ4v) is 0.620. The van der Waals surface area contributed by atoms with Crippen LogP contribution in [-0.2, 0) is 45.0 Å². The molecule has 0 aromatic carbocycles. The van der Waals surface area contributed by atoms with Crippen LogP contribution in [0, 0.1) is 0 Å². The Morgan fingerprint density at radius 1 is 1.36 bits per heavy atom. The Morgan fingerprint density at radius 2 is 1.91 bits per heavy atom. The summed E-state index contributed by atoms with van der Waals surface area (Å²) in [5.74, 6) is 0. The van der Waals surface area contributed by atoms with Crippen molar-refractivity contribution in [3.8, 4) is 0 Å². The number of hydrogen-bond donors (Lipinski definition) is 0. The van der Waals surface area contributed by atoms with Gasteiger partial charge in [0.25, 0.3) is 0 Å². The summed E-state index contributed by atoms with van der Waals surface area (Å²) in [5.41, 5.74) is 1.21. The second-order valence-electron chi connectivity index (χ2n) is 3.16. The zero-order valence-corrected chi connectivity index (χ0v) is 11.2. The van der Waals surface area contributed by atoms with E-state index in [0.29, 0.717) is 0 Å². The summed E-state index contributed by atoms with van der Waals surface area (Å²) in [7, 11) is 0. The van der Waals surface area contributed by atoms with Crippen molar-refractivity contribution in [3.05, 3.63) is 18.2 Å². The minimum atomic E-state index is 0. The zero-order chi connectivity index (χ0) is 6.91. The third-order valence-corrected chi connectivity index (χ3v) is 1.23. The van der Waals surface area contributed by atoms with Crippen molar-refractivity contribution in [1.82, 2.24) is 9.97 Å². The van der Waals surface area contributed by atoms with Gasteiger partial charge in [0, 0.05) is 39.6 Å². The Kier molecular flexibility index (Phi) is 6.61. The van der Waals surface area contributed by atoms with Gasteiger partial charge in [-0.3, -0.25) is 0 Å². The molecule has 1 radical (unpaired) electrons. The van der Waals surface area contributed by atoms with E-state index in [0.717, 1.165) is 5.69 Å². The summed E-state index contributed by atoms with van der Waals surface area (Å²) < 4.78 is 0. The Hall–Kier alpha value is 0.483. The maximum absolute atomic E-state index is 4.08. The van der Waals surface area contributed by atoms with Gasteiger partial charge in [0.05, 0.1) is 0 Å². The summed E-state index contributed by atoms with van der Waals surface area (Å²) >= 11 is 0. The molecule has 61 valence electrons. The Morgan fingerprint density at radius 3 is 2.09 bits per heavy atom. The van der Waals surface area contributed by atoms with Crippen LogP contribution in [0.15, 0.2) is 12.5 Å². The first-order chi connectivity index (χ1) is 4.11. The Bertz CT molecular complexity index is 179. The molecule has 0 aliphatic heterocycles. The summed E-state index contributed by atoms with van der Waals surface area (Å²) in [6.07, 6.45) is 3.39. The first kappa shape index (κ1) is 14.0. The van der Waals surface area contributed by atoms with E-state index in [4.69, 9.17) is 0 Å². The minimum absolute atomic E-state index is 0. The molecule has 0 saturated carbocycles. The average Bonchev–Trinajstić information content (AvgIpc) is 2.08. The molecule has 0 fully saturated rings. The molecule has 0 aliphatic rings. The molecule has 0 saturated heterocycles. The van der Waals surface area contributed by atoms with Gasteiger partial charge in [0.1, 0.15) is 0 Å². The van der Waals surface area contributed by atoms with E-state index in [1.807, 2.05) is 0 Å². The van der Waals surface area contributed by atoms with Crippen LogP contribution in [0.1, 0.15) is 26.5 Å². The first-order valence-electron chi connectivity index (χ1n) is 3.04. The first-order valence-corrected chi connectivity index (χ1v) is 3.04. The van der Waals surface area contributed by atoms with Crippen LogP contribution in [0.3, 0.4) is 0 Å². The minimum Gasteiger partial charge on any atom is -0.450 e. The van der Waals surface area contributed by atoms with Crippen molar-refractivity contribution in [2.75, 3.05) is 0 Å². The Labute approximate surface area is 93.7 Å². The summed E-state index contributed by atoms with van der Waals surface area (Å²) in [4.78, 5) is 7.95. The van der Waals surface area contributed by atoms with Crippen molar-refractivity contribution in [2.45, 2.75) is 26.2 Å². The summed E-state index contributed by atoms with van der Waals surface area (Å²) in [6.45, 7) is 6.37. The fourth-order valence-electron chi connectivity index (χ4n) is 0.620. The third kappa shape index (κ3) is 4.15. The van der Waals surface area contributed by atoms with Crippen LogP contribution in [0.2, 0.25) is 0 Å². The predicted octanol–water partition coefficient (Wildman–Crippen LogP) is 1.33. The molecule has 1 aromatic rings. The van der Waals surface area contributed by atoms with Crippen molar-refractivity contribution < 1.29 is 39.6 Å². The molecular weight excluding hydrogens is 347 g/mol. The topological polar surface area (TPSA) is 27.0 Å². The average molecular weight is 358 g/mol. The normalized spacial score (nSPS) is 9.73. The molecule has 1 heterocycles. The standard InChI is InChI=1S/C7H11N2.V.W/c1-7(2,3)6-4-8-5-9-6;;/h4-5H,1-3H3;;/q-1;;. The molecule has 0 atom stereocenters. The Balaban J connectivity index is 0. The fraction of sp³-hybridized carbons (Fsp3) is 0.571. The van der Waals surface area contributed by atoms with Crippen molar-refractivity contribution >= 4 is 0 Å². The van der Waals surface area contributed by atoms with E-state index < -0.39 is 0 Å². The predicted molar refractivity (Wildman–Crippen MR) is 36.3 cm³/mol. The van der Waals surface area contributed by atoms with E-state index in [-0.39, 0.29) is 45.0 Å². The quantitative estimate of drug-likeness (QED) is 0.700. The second-order valence-corrected chi connectivity index (χ2v) is 3.16. The molecule has 11 heavy (non-hydrogen) atoms. The number of imidazole rings is 1. The van der Waals surface area contributed by atoms with E-state index >= 15 is 0 Å². The molecular formula is C7H11N2VW-. The molecule has 2 nitrogen and oxygen atoms in total. The van der Waals surface area contributed by atoms with Gasteiger partial charge in [-0.05, 0) is 5.41 Å². The van der Waals surface area contributed by atoms with Crippen LogP contribution < -0.4 is 4.98 Å². The summed E-state index contributed by atoms with van der Waals surface area (Å²) in [5, 5.41) is 0. The monoisotopic (exact) mass is 358 g/mol. The van der Waals surface area contributed by atoms with Crippen molar-refractivity contribution in [1.29, 1.82) is 0 Å². The van der Waals surface area contributed by atoms with E-state index in [9.17, 15) is 0 Å². The van der Waals surface area contributed by atoms with Crippen molar-refractivity contribution in [3.63, 3.8) is 0 Å². The van der Waals surface area contributed by atoms with Gasteiger partial charge in [-0.1, -0.05) is 39.0 Å². The van der Waals surface area contributed by atoms with Gasteiger partial charge < -0.3 is 9.97 Å².